The van der Waals surface area contributed by atoms with Crippen molar-refractivity contribution in [2.24, 2.45) is 5.92 Å². The SMILES string of the molecule is C[C@@H]1CN([C@H](C)CO)C(=O)c2cc(NS(=O)(=O)c3ccc(F)cc3)ccc2O[C@@H]1CN(C)C(=O)Nc1ccc(C(F)(F)F)cc1. The van der Waals surface area contributed by atoms with Crippen molar-refractivity contribution < 1.29 is 45.4 Å². The Hall–Kier alpha value is -4.37. The quantitative estimate of drug-likeness (QED) is 0.293. The molecule has 1 aliphatic heterocycles. The molecule has 0 unspecified atom stereocenters. The van der Waals surface area contributed by atoms with Gasteiger partial charge < -0.3 is 25.0 Å². The number of urea groups is 1. The second-order valence-electron chi connectivity index (χ2n) is 10.8. The monoisotopic (exact) mass is 652 g/mol. The smallest absolute Gasteiger partial charge is 0.416 e. The summed E-state index contributed by atoms with van der Waals surface area (Å²) < 4.78 is 86.3. The van der Waals surface area contributed by atoms with E-state index in [2.05, 4.69) is 10.0 Å². The van der Waals surface area contributed by atoms with Gasteiger partial charge in [0, 0.05) is 30.9 Å². The molecule has 0 aromatic heterocycles. The van der Waals surface area contributed by atoms with Gasteiger partial charge in [-0.2, -0.15) is 13.2 Å². The number of fused-ring (bicyclic) bond motifs is 1. The maximum absolute atomic E-state index is 13.7. The summed E-state index contributed by atoms with van der Waals surface area (Å²) in [5.41, 5.74) is -0.666. The molecule has 15 heteroatoms. The Morgan fingerprint density at radius 2 is 1.71 bits per heavy atom. The maximum atomic E-state index is 13.7. The van der Waals surface area contributed by atoms with Gasteiger partial charge in [-0.15, -0.1) is 0 Å². The van der Waals surface area contributed by atoms with Gasteiger partial charge in [0.05, 0.1) is 35.2 Å². The summed E-state index contributed by atoms with van der Waals surface area (Å²) in [6, 6.07) is 11.0. The Bertz CT molecular complexity index is 1640. The van der Waals surface area contributed by atoms with Crippen LogP contribution in [0.5, 0.6) is 5.75 Å². The van der Waals surface area contributed by atoms with Crippen LogP contribution in [0.3, 0.4) is 0 Å². The Balaban J connectivity index is 1.57. The first kappa shape index (κ1) is 33.5. The number of aliphatic hydroxyl groups is 1. The molecule has 0 saturated heterocycles. The number of sulfonamides is 1. The van der Waals surface area contributed by atoms with E-state index < -0.39 is 51.7 Å². The number of likely N-dealkylation sites (N-methyl/N-ethyl adjacent to an activating group) is 1. The van der Waals surface area contributed by atoms with Crippen molar-refractivity contribution in [3.63, 3.8) is 0 Å². The van der Waals surface area contributed by atoms with Gasteiger partial charge in [0.15, 0.2) is 0 Å². The van der Waals surface area contributed by atoms with E-state index in [0.29, 0.717) is 0 Å². The van der Waals surface area contributed by atoms with Gasteiger partial charge in [-0.1, -0.05) is 6.92 Å². The van der Waals surface area contributed by atoms with Crippen LogP contribution in [-0.4, -0.2) is 74.2 Å². The third-order valence-electron chi connectivity index (χ3n) is 7.30. The topological polar surface area (TPSA) is 128 Å². The first-order valence-corrected chi connectivity index (χ1v) is 15.3. The van der Waals surface area contributed by atoms with Gasteiger partial charge in [0.25, 0.3) is 15.9 Å². The van der Waals surface area contributed by atoms with E-state index in [1.54, 1.807) is 13.8 Å². The molecule has 45 heavy (non-hydrogen) atoms. The predicted octanol–water partition coefficient (Wildman–Crippen LogP) is 5.03. The molecule has 10 nitrogen and oxygen atoms in total. The Labute approximate surface area is 257 Å². The summed E-state index contributed by atoms with van der Waals surface area (Å²) in [5, 5.41) is 12.4. The summed E-state index contributed by atoms with van der Waals surface area (Å²) in [6.07, 6.45) is -5.21. The molecule has 0 radical (unpaired) electrons. The molecule has 0 fully saturated rings. The van der Waals surface area contributed by atoms with E-state index in [4.69, 9.17) is 4.74 Å². The maximum Gasteiger partial charge on any atom is 0.416 e. The number of aliphatic hydroxyl groups excluding tert-OH is 1. The fraction of sp³-hybridized carbons (Fsp3) is 0.333. The van der Waals surface area contributed by atoms with Gasteiger partial charge in [0.1, 0.15) is 17.7 Å². The predicted molar refractivity (Wildman–Crippen MR) is 158 cm³/mol. The minimum absolute atomic E-state index is 0.00155. The lowest BCUT2D eigenvalue weighted by atomic mass is 9.99. The standard InChI is InChI=1S/C30H32F4N4O6S/c1-18-15-38(19(2)17-39)28(40)25-14-23(36-45(42,43)24-11-6-21(31)7-12-24)10-13-26(25)44-27(18)16-37(3)29(41)35-22-8-4-20(5-9-22)30(32,33)34/h4-14,18-19,27,36,39H,15-17H2,1-3H3,(H,35,41)/t18-,19-,27-/m1/s1. The van der Waals surface area contributed by atoms with E-state index in [-0.39, 0.29) is 53.2 Å². The average molecular weight is 653 g/mol. The first-order chi connectivity index (χ1) is 21.1. The van der Waals surface area contributed by atoms with Crippen LogP contribution in [0.25, 0.3) is 0 Å². The number of rotatable bonds is 8. The highest BCUT2D eigenvalue weighted by atomic mass is 32.2. The van der Waals surface area contributed by atoms with Crippen molar-refractivity contribution in [3.8, 4) is 5.75 Å². The number of hydrogen-bond acceptors (Lipinski definition) is 6. The molecule has 3 aromatic carbocycles. The number of anilines is 2. The number of hydrogen-bond donors (Lipinski definition) is 3. The third kappa shape index (κ3) is 8.02. The Morgan fingerprint density at radius 1 is 1.09 bits per heavy atom. The largest absolute Gasteiger partial charge is 0.487 e. The zero-order chi connectivity index (χ0) is 33.1. The fourth-order valence-corrected chi connectivity index (χ4v) is 5.70. The van der Waals surface area contributed by atoms with Crippen molar-refractivity contribution in [1.29, 1.82) is 0 Å². The van der Waals surface area contributed by atoms with Crippen molar-refractivity contribution in [3.05, 3.63) is 83.7 Å². The van der Waals surface area contributed by atoms with Crippen LogP contribution in [0.2, 0.25) is 0 Å². The van der Waals surface area contributed by atoms with Crippen molar-refractivity contribution >= 4 is 33.3 Å². The molecule has 4 rings (SSSR count). The molecule has 3 amide bonds. The number of nitrogens with zero attached hydrogens (tertiary/aromatic N) is 2. The molecule has 3 N–H and O–H groups in total. The Kier molecular flexibility index (Phi) is 9.92. The number of halogens is 4. The number of carbonyl (C=O) groups is 2. The number of nitrogens with one attached hydrogen (secondary N) is 2. The molecule has 1 aliphatic rings. The van der Waals surface area contributed by atoms with Crippen molar-refractivity contribution in [2.75, 3.05) is 36.8 Å². The number of ether oxygens (including phenoxy) is 1. The van der Waals surface area contributed by atoms with Crippen molar-refractivity contribution in [2.45, 2.75) is 37.1 Å². The van der Waals surface area contributed by atoms with E-state index in [9.17, 15) is 40.7 Å². The summed E-state index contributed by atoms with van der Waals surface area (Å²) >= 11 is 0. The summed E-state index contributed by atoms with van der Waals surface area (Å²) in [5.74, 6) is -1.39. The van der Waals surface area contributed by atoms with Crippen LogP contribution in [0.1, 0.15) is 29.8 Å². The van der Waals surface area contributed by atoms with Gasteiger partial charge in [-0.25, -0.2) is 17.6 Å². The van der Waals surface area contributed by atoms with Crippen molar-refractivity contribution in [1.82, 2.24) is 9.80 Å². The van der Waals surface area contributed by atoms with E-state index in [1.807, 2.05) is 0 Å². The second-order valence-corrected chi connectivity index (χ2v) is 12.5. The minimum Gasteiger partial charge on any atom is -0.487 e. The molecule has 0 bridgehead atoms. The molecule has 3 atom stereocenters. The van der Waals surface area contributed by atoms with Crippen LogP contribution in [0.4, 0.5) is 33.7 Å². The molecule has 242 valence electrons. The molecule has 0 aliphatic carbocycles. The minimum atomic E-state index is -4.52. The first-order valence-electron chi connectivity index (χ1n) is 13.8. The molecule has 0 saturated carbocycles. The zero-order valence-corrected chi connectivity index (χ0v) is 25.3. The van der Waals surface area contributed by atoms with Gasteiger partial charge in [0.2, 0.25) is 0 Å². The molecule has 0 spiro atoms. The van der Waals surface area contributed by atoms with Crippen LogP contribution in [0, 0.1) is 11.7 Å². The molecular formula is C30H32F4N4O6S. The van der Waals surface area contributed by atoms with Crippen LogP contribution < -0.4 is 14.8 Å². The van der Waals surface area contributed by atoms with Crippen LogP contribution in [0.15, 0.2) is 71.6 Å². The van der Waals surface area contributed by atoms with Gasteiger partial charge >= 0.3 is 12.2 Å². The van der Waals surface area contributed by atoms with E-state index >= 15 is 0 Å². The highest BCUT2D eigenvalue weighted by Crippen LogP contribution is 2.32. The third-order valence-corrected chi connectivity index (χ3v) is 8.70. The van der Waals surface area contributed by atoms with Crippen LogP contribution >= 0.6 is 0 Å². The lowest BCUT2D eigenvalue weighted by Gasteiger charge is -2.38. The molecule has 3 aromatic rings. The molecular weight excluding hydrogens is 620 g/mol. The zero-order valence-electron chi connectivity index (χ0n) is 24.5. The number of carbonyl (C=O) groups excluding carboxylic acids is 2. The normalized spacial score (nSPS) is 17.8. The summed E-state index contributed by atoms with van der Waals surface area (Å²) in [6.45, 7) is 3.21. The number of alkyl halides is 3. The molecule has 1 heterocycles. The fourth-order valence-electron chi connectivity index (χ4n) is 4.65. The Morgan fingerprint density at radius 3 is 2.31 bits per heavy atom. The van der Waals surface area contributed by atoms with E-state index in [0.717, 1.165) is 48.5 Å². The lowest BCUT2D eigenvalue weighted by molar-refractivity contribution is -0.137. The summed E-state index contributed by atoms with van der Waals surface area (Å²) in [7, 11) is -2.66. The van der Waals surface area contributed by atoms with E-state index in [1.165, 1.54) is 35.0 Å². The van der Waals surface area contributed by atoms with Gasteiger partial charge in [-0.3, -0.25) is 9.52 Å². The van der Waals surface area contributed by atoms with Crippen LogP contribution in [-0.2, 0) is 16.2 Å². The lowest BCUT2D eigenvalue weighted by Crippen LogP contribution is -2.50. The highest BCUT2D eigenvalue weighted by molar-refractivity contribution is 7.92. The summed E-state index contributed by atoms with van der Waals surface area (Å²) in [4.78, 5) is 29.1. The number of benzene rings is 3. The number of amides is 3. The highest BCUT2D eigenvalue weighted by Gasteiger charge is 2.35. The second kappa shape index (κ2) is 13.3. The average Bonchev–Trinajstić information content (AvgIpc) is 2.98. The van der Waals surface area contributed by atoms with Gasteiger partial charge in [-0.05, 0) is 73.7 Å².